The summed E-state index contributed by atoms with van der Waals surface area (Å²) >= 11 is 0. The van der Waals surface area contributed by atoms with E-state index < -0.39 is 23.6 Å². The summed E-state index contributed by atoms with van der Waals surface area (Å²) in [5.74, 6) is -2.16. The van der Waals surface area contributed by atoms with E-state index in [1.165, 1.54) is 22.9 Å². The van der Waals surface area contributed by atoms with E-state index in [1.807, 2.05) is 6.92 Å². The first kappa shape index (κ1) is 30.5. The van der Waals surface area contributed by atoms with Gasteiger partial charge in [0, 0.05) is 35.8 Å². The van der Waals surface area contributed by atoms with Gasteiger partial charge in [-0.1, -0.05) is 12.1 Å². The summed E-state index contributed by atoms with van der Waals surface area (Å²) in [4.78, 5) is 23.7. The highest BCUT2D eigenvalue weighted by atomic mass is 19.4. The summed E-state index contributed by atoms with van der Waals surface area (Å²) in [5.41, 5.74) is 23.9. The Morgan fingerprint density at radius 1 is 1.12 bits per heavy atom. The molecule has 0 unspecified atom stereocenters. The Kier molecular flexibility index (Phi) is 9.17. The van der Waals surface area contributed by atoms with Crippen molar-refractivity contribution in [3.63, 3.8) is 0 Å². The normalized spacial score (nSPS) is 13.2. The fourth-order valence-electron chi connectivity index (χ4n) is 4.53. The topological polar surface area (TPSA) is 176 Å². The molecule has 0 radical (unpaired) electrons. The maximum Gasteiger partial charge on any atom is 0.573 e. The van der Waals surface area contributed by atoms with Crippen molar-refractivity contribution in [1.82, 2.24) is 14.5 Å². The summed E-state index contributed by atoms with van der Waals surface area (Å²) in [6.07, 6.45) is -1.48. The molecule has 0 saturated carbocycles. The molecule has 0 aliphatic rings. The van der Waals surface area contributed by atoms with Crippen molar-refractivity contribution in [2.24, 2.45) is 27.9 Å². The lowest BCUT2D eigenvalue weighted by molar-refractivity contribution is -0.275. The van der Waals surface area contributed by atoms with E-state index in [4.69, 9.17) is 22.9 Å². The maximum absolute atomic E-state index is 15.3. The van der Waals surface area contributed by atoms with Gasteiger partial charge in [0.05, 0.1) is 11.4 Å². The van der Waals surface area contributed by atoms with Gasteiger partial charge in [-0.05, 0) is 74.1 Å². The van der Waals surface area contributed by atoms with E-state index in [9.17, 15) is 18.0 Å². The number of aromatic amines is 1. The fourth-order valence-corrected chi connectivity index (χ4v) is 4.53. The third kappa shape index (κ3) is 7.64. The second-order valence-corrected chi connectivity index (χ2v) is 10.0. The molecule has 9 N–H and O–H groups in total. The third-order valence-corrected chi connectivity index (χ3v) is 6.58. The van der Waals surface area contributed by atoms with Crippen LogP contribution in [0.25, 0.3) is 28.0 Å². The van der Waals surface area contributed by atoms with Gasteiger partial charge >= 0.3 is 12.1 Å². The molecule has 42 heavy (non-hydrogen) atoms. The molecule has 0 bridgehead atoms. The van der Waals surface area contributed by atoms with Crippen molar-refractivity contribution >= 4 is 17.0 Å². The van der Waals surface area contributed by atoms with Crippen LogP contribution in [-0.2, 0) is 6.42 Å². The molecular formula is C28H32F4N8O2. The third-order valence-electron chi connectivity index (χ3n) is 6.58. The minimum atomic E-state index is -5.08. The monoisotopic (exact) mass is 588 g/mol. The van der Waals surface area contributed by atoms with Crippen molar-refractivity contribution in [2.45, 2.75) is 51.1 Å². The lowest BCUT2D eigenvalue weighted by Gasteiger charge is -2.14. The molecule has 2 atom stereocenters. The first-order valence-corrected chi connectivity index (χ1v) is 13.2. The predicted molar refractivity (Wildman–Crippen MR) is 153 cm³/mol. The summed E-state index contributed by atoms with van der Waals surface area (Å²) in [6.45, 7) is 2.18. The van der Waals surface area contributed by atoms with Crippen LogP contribution in [0.4, 0.5) is 17.6 Å². The quantitative estimate of drug-likeness (QED) is 0.101. The van der Waals surface area contributed by atoms with Crippen molar-refractivity contribution < 1.29 is 22.3 Å². The Morgan fingerprint density at radius 3 is 2.48 bits per heavy atom. The van der Waals surface area contributed by atoms with Crippen LogP contribution in [0.1, 0.15) is 43.4 Å². The first-order chi connectivity index (χ1) is 19.8. The number of aromatic nitrogens is 3. The number of hydrogen-bond acceptors (Lipinski definition) is 6. The Balaban J connectivity index is 1.66. The van der Waals surface area contributed by atoms with Crippen LogP contribution in [-0.4, -0.2) is 39.4 Å². The van der Waals surface area contributed by atoms with Crippen LogP contribution < -0.4 is 33.4 Å². The van der Waals surface area contributed by atoms with Crippen molar-refractivity contribution in [3.05, 3.63) is 76.1 Å². The SMILES string of the molecule is C[C@H](N)CCCc1cc(OC(F)(F)F)c(F)c(-c2cc3cn(-c4ccc([C@@H](N)CCN=C(N)N)cc4)c(=O)nc3[nH]2)c1. The van der Waals surface area contributed by atoms with Gasteiger partial charge in [-0.25, -0.2) is 9.18 Å². The van der Waals surface area contributed by atoms with Gasteiger partial charge in [-0.15, -0.1) is 13.2 Å². The van der Waals surface area contributed by atoms with Gasteiger partial charge in [-0.2, -0.15) is 4.98 Å². The largest absolute Gasteiger partial charge is 0.573 e. The standard InChI is InChI=1S/C28H32F4N8O2/c1-15(33)3-2-4-16-11-20(24(29)23(12-16)42-28(30,31)32)22-13-18-14-40(27(41)39-25(18)38-22)19-7-5-17(6-8-19)21(34)9-10-37-26(35)36/h5-8,11-15,21H,2-4,9-10,33-34H2,1H3,(H4,35,36,37)(H,38,39,41)/t15-,21-/m0/s1. The van der Waals surface area contributed by atoms with Crippen molar-refractivity contribution in [2.75, 3.05) is 6.54 Å². The molecule has 14 heteroatoms. The van der Waals surface area contributed by atoms with E-state index in [0.29, 0.717) is 48.9 Å². The van der Waals surface area contributed by atoms with Crippen LogP contribution in [0.3, 0.4) is 0 Å². The van der Waals surface area contributed by atoms with Crippen LogP contribution >= 0.6 is 0 Å². The van der Waals surface area contributed by atoms with E-state index in [2.05, 4.69) is 19.7 Å². The molecule has 10 nitrogen and oxygen atoms in total. The van der Waals surface area contributed by atoms with Crippen LogP contribution in [0, 0.1) is 5.82 Å². The molecule has 4 rings (SSSR count). The number of ether oxygens (including phenoxy) is 1. The Morgan fingerprint density at radius 2 is 1.83 bits per heavy atom. The smallest absolute Gasteiger partial charge is 0.403 e. The molecule has 224 valence electrons. The van der Waals surface area contributed by atoms with E-state index in [1.54, 1.807) is 24.3 Å². The second kappa shape index (κ2) is 12.6. The number of fused-ring (bicyclic) bond motifs is 1. The van der Waals surface area contributed by atoms with Crippen molar-refractivity contribution in [3.8, 4) is 22.7 Å². The molecule has 2 aromatic carbocycles. The Bertz CT molecular complexity index is 1620. The number of H-pyrrole nitrogens is 1. The molecule has 0 aliphatic heterocycles. The zero-order valence-electron chi connectivity index (χ0n) is 22.8. The molecule has 0 aliphatic carbocycles. The Labute approximate surface area is 238 Å². The number of rotatable bonds is 11. The number of nitrogens with two attached hydrogens (primary N) is 4. The number of benzene rings is 2. The minimum absolute atomic E-state index is 0.0181. The number of aryl methyl sites for hydroxylation is 1. The maximum atomic E-state index is 15.3. The minimum Gasteiger partial charge on any atom is -0.403 e. The lowest BCUT2D eigenvalue weighted by Crippen LogP contribution is -2.23. The number of halogens is 4. The summed E-state index contributed by atoms with van der Waals surface area (Å²) in [7, 11) is 0. The van der Waals surface area contributed by atoms with E-state index in [-0.39, 0.29) is 34.9 Å². The van der Waals surface area contributed by atoms with Gasteiger partial charge in [0.15, 0.2) is 17.5 Å². The summed E-state index contributed by atoms with van der Waals surface area (Å²) in [5, 5.41) is 0.433. The van der Waals surface area contributed by atoms with Gasteiger partial charge in [0.25, 0.3) is 0 Å². The number of aliphatic imine (C=N–C) groups is 1. The predicted octanol–water partition coefficient (Wildman–Crippen LogP) is 3.75. The molecular weight excluding hydrogens is 556 g/mol. The van der Waals surface area contributed by atoms with E-state index >= 15 is 4.39 Å². The highest BCUT2D eigenvalue weighted by Crippen LogP contribution is 2.35. The number of hydrogen-bond donors (Lipinski definition) is 5. The van der Waals surface area contributed by atoms with Gasteiger partial charge < -0.3 is 32.7 Å². The number of alkyl halides is 3. The van der Waals surface area contributed by atoms with Crippen molar-refractivity contribution in [1.29, 1.82) is 0 Å². The number of guanidine groups is 1. The number of nitrogens with zero attached hydrogens (tertiary/aromatic N) is 3. The van der Waals surface area contributed by atoms with Gasteiger partial charge in [0.1, 0.15) is 5.65 Å². The molecule has 0 saturated heterocycles. The lowest BCUT2D eigenvalue weighted by atomic mass is 10.0. The molecule has 0 fully saturated rings. The van der Waals surface area contributed by atoms with Gasteiger partial charge in [0.2, 0.25) is 0 Å². The molecule has 0 amide bonds. The van der Waals surface area contributed by atoms with Crippen LogP contribution in [0.15, 0.2) is 58.4 Å². The molecule has 2 heterocycles. The molecule has 2 aromatic heterocycles. The average molecular weight is 589 g/mol. The molecule has 0 spiro atoms. The summed E-state index contributed by atoms with van der Waals surface area (Å²) in [6, 6.07) is 10.5. The van der Waals surface area contributed by atoms with Crippen LogP contribution in [0.5, 0.6) is 5.75 Å². The Hall–Kier alpha value is -4.43. The number of nitrogens with one attached hydrogen (secondary N) is 1. The van der Waals surface area contributed by atoms with E-state index in [0.717, 1.165) is 11.6 Å². The first-order valence-electron chi connectivity index (χ1n) is 13.2. The van der Waals surface area contributed by atoms with Gasteiger partial charge in [-0.3, -0.25) is 9.56 Å². The van der Waals surface area contributed by atoms with Crippen LogP contribution in [0.2, 0.25) is 0 Å². The highest BCUT2D eigenvalue weighted by molar-refractivity contribution is 5.83. The molecule has 4 aromatic rings. The highest BCUT2D eigenvalue weighted by Gasteiger charge is 2.33. The zero-order valence-corrected chi connectivity index (χ0v) is 22.8. The second-order valence-electron chi connectivity index (χ2n) is 10.0. The zero-order chi connectivity index (χ0) is 30.6. The fraction of sp³-hybridized carbons (Fsp3) is 0.321. The average Bonchev–Trinajstić information content (AvgIpc) is 3.31. The summed E-state index contributed by atoms with van der Waals surface area (Å²) < 4.78 is 59.7.